The van der Waals surface area contributed by atoms with Crippen molar-refractivity contribution in [3.8, 4) is 0 Å². The van der Waals surface area contributed by atoms with Gasteiger partial charge >= 0.3 is 6.03 Å². The van der Waals surface area contributed by atoms with Crippen LogP contribution in [0.3, 0.4) is 0 Å². The van der Waals surface area contributed by atoms with Gasteiger partial charge in [0, 0.05) is 48.7 Å². The molecule has 6 heteroatoms. The summed E-state index contributed by atoms with van der Waals surface area (Å²) >= 11 is 1.64. The Morgan fingerprint density at radius 1 is 1.33 bits per heavy atom. The number of thiophene rings is 1. The Bertz CT molecular complexity index is 843. The number of hydrogen-bond donors (Lipinski definition) is 2. The van der Waals surface area contributed by atoms with Crippen LogP contribution >= 0.6 is 11.3 Å². The second kappa shape index (κ2) is 6.30. The average Bonchev–Trinajstić information content (AvgIpc) is 3.32. The number of aliphatic hydroxyl groups is 1. The van der Waals surface area contributed by atoms with Gasteiger partial charge in [0.25, 0.3) is 0 Å². The van der Waals surface area contributed by atoms with Crippen molar-refractivity contribution < 1.29 is 14.3 Å². The largest absolute Gasteiger partial charge is 0.464 e. The van der Waals surface area contributed by atoms with Crippen molar-refractivity contribution in [1.29, 1.82) is 0 Å². The third-order valence-electron chi connectivity index (χ3n) is 4.64. The van der Waals surface area contributed by atoms with Gasteiger partial charge in [-0.2, -0.15) is 11.3 Å². The fraction of sp³-hybridized carbons (Fsp3) is 0.278. The highest BCUT2D eigenvalue weighted by Gasteiger charge is 2.36. The summed E-state index contributed by atoms with van der Waals surface area (Å²) in [6.45, 7) is 1.27. The molecular weight excluding hydrogens is 324 g/mol. The van der Waals surface area contributed by atoms with Crippen LogP contribution in [0.4, 0.5) is 10.5 Å². The Labute approximate surface area is 143 Å². The molecule has 1 saturated heterocycles. The molecular formula is C18H18N2O3S. The van der Waals surface area contributed by atoms with Gasteiger partial charge in [-0.1, -0.05) is 0 Å². The fourth-order valence-corrected chi connectivity index (χ4v) is 4.05. The molecule has 3 heterocycles. The van der Waals surface area contributed by atoms with Crippen LogP contribution in [0, 0.1) is 5.92 Å². The van der Waals surface area contributed by atoms with E-state index in [-0.39, 0.29) is 24.5 Å². The average molecular weight is 342 g/mol. The summed E-state index contributed by atoms with van der Waals surface area (Å²) in [5.74, 6) is 0.275. The van der Waals surface area contributed by atoms with Crippen molar-refractivity contribution in [1.82, 2.24) is 4.90 Å². The van der Waals surface area contributed by atoms with E-state index in [0.29, 0.717) is 18.8 Å². The monoisotopic (exact) mass is 342 g/mol. The highest BCUT2D eigenvalue weighted by Crippen LogP contribution is 2.34. The molecule has 0 bridgehead atoms. The van der Waals surface area contributed by atoms with E-state index in [9.17, 15) is 9.90 Å². The van der Waals surface area contributed by atoms with Crippen LogP contribution in [0.25, 0.3) is 11.0 Å². The quantitative estimate of drug-likeness (QED) is 0.762. The Kier molecular flexibility index (Phi) is 4.00. The minimum absolute atomic E-state index is 0.0814. The summed E-state index contributed by atoms with van der Waals surface area (Å²) in [5, 5.41) is 17.7. The molecule has 0 aliphatic carbocycles. The van der Waals surface area contributed by atoms with Gasteiger partial charge in [-0.05, 0) is 40.6 Å². The van der Waals surface area contributed by atoms with Gasteiger partial charge in [-0.15, -0.1) is 0 Å². The first-order valence-corrected chi connectivity index (χ1v) is 8.85. The van der Waals surface area contributed by atoms with E-state index in [0.717, 1.165) is 11.0 Å². The lowest BCUT2D eigenvalue weighted by Gasteiger charge is -2.17. The van der Waals surface area contributed by atoms with Gasteiger partial charge in [-0.25, -0.2) is 4.79 Å². The third kappa shape index (κ3) is 2.79. The van der Waals surface area contributed by atoms with E-state index in [4.69, 9.17) is 4.42 Å². The SMILES string of the molecule is O=C(Nc1ccc2ccoc2c1)N1C[C@@H](CO)[C@H](c2ccsc2)C1. The maximum atomic E-state index is 12.6. The molecule has 1 aliphatic rings. The second-order valence-corrected chi connectivity index (χ2v) is 6.89. The fourth-order valence-electron chi connectivity index (χ4n) is 3.32. The summed E-state index contributed by atoms with van der Waals surface area (Å²) in [5.41, 5.74) is 2.66. The highest BCUT2D eigenvalue weighted by molar-refractivity contribution is 7.08. The molecule has 5 nitrogen and oxygen atoms in total. The zero-order chi connectivity index (χ0) is 16.5. The number of carbonyl (C=O) groups excluding carboxylic acids is 1. The number of nitrogens with one attached hydrogen (secondary N) is 1. The lowest BCUT2D eigenvalue weighted by atomic mass is 9.92. The number of benzene rings is 1. The molecule has 3 aromatic rings. The van der Waals surface area contributed by atoms with Gasteiger partial charge in [0.15, 0.2) is 0 Å². The first-order valence-electron chi connectivity index (χ1n) is 7.91. The van der Waals surface area contributed by atoms with Crippen molar-refractivity contribution >= 4 is 34.0 Å². The molecule has 2 atom stereocenters. The van der Waals surface area contributed by atoms with Crippen LogP contribution in [0.15, 0.2) is 51.8 Å². The second-order valence-electron chi connectivity index (χ2n) is 6.11. The number of likely N-dealkylation sites (tertiary alicyclic amines) is 1. The summed E-state index contributed by atoms with van der Waals surface area (Å²) in [4.78, 5) is 14.3. The third-order valence-corrected chi connectivity index (χ3v) is 5.34. The molecule has 0 unspecified atom stereocenters. The molecule has 2 aromatic heterocycles. The number of aliphatic hydroxyl groups excluding tert-OH is 1. The van der Waals surface area contributed by atoms with Gasteiger partial charge < -0.3 is 19.7 Å². The van der Waals surface area contributed by atoms with E-state index < -0.39 is 0 Å². The molecule has 1 fully saturated rings. The highest BCUT2D eigenvalue weighted by atomic mass is 32.1. The summed E-state index contributed by atoms with van der Waals surface area (Å²) < 4.78 is 5.37. The van der Waals surface area contributed by atoms with Crippen LogP contribution in [0.2, 0.25) is 0 Å². The zero-order valence-electron chi connectivity index (χ0n) is 13.0. The van der Waals surface area contributed by atoms with Gasteiger partial charge in [0.1, 0.15) is 5.58 Å². The molecule has 0 spiro atoms. The van der Waals surface area contributed by atoms with Crippen molar-refractivity contribution in [3.63, 3.8) is 0 Å². The normalized spacial score (nSPS) is 20.6. The van der Waals surface area contributed by atoms with E-state index in [1.807, 2.05) is 29.6 Å². The van der Waals surface area contributed by atoms with Gasteiger partial charge in [0.05, 0.1) is 6.26 Å². The van der Waals surface area contributed by atoms with E-state index >= 15 is 0 Å². The first-order chi connectivity index (χ1) is 11.7. The first kappa shape index (κ1) is 15.2. The van der Waals surface area contributed by atoms with Gasteiger partial charge in [0.2, 0.25) is 0 Å². The molecule has 1 aliphatic heterocycles. The molecule has 0 saturated carbocycles. The van der Waals surface area contributed by atoms with Crippen molar-refractivity contribution in [2.24, 2.45) is 5.92 Å². The maximum Gasteiger partial charge on any atom is 0.321 e. The molecule has 4 rings (SSSR count). The topological polar surface area (TPSA) is 65.7 Å². The van der Waals surface area contributed by atoms with Crippen LogP contribution in [0.5, 0.6) is 0 Å². The minimum Gasteiger partial charge on any atom is -0.464 e. The summed E-state index contributed by atoms with van der Waals surface area (Å²) in [6.07, 6.45) is 1.63. The van der Waals surface area contributed by atoms with Crippen molar-refractivity contribution in [3.05, 3.63) is 52.9 Å². The number of hydrogen-bond acceptors (Lipinski definition) is 4. The molecule has 124 valence electrons. The number of furan rings is 1. The van der Waals surface area contributed by atoms with Crippen molar-refractivity contribution in [2.75, 3.05) is 25.0 Å². The van der Waals surface area contributed by atoms with Crippen LogP contribution in [-0.4, -0.2) is 35.7 Å². The van der Waals surface area contributed by atoms with E-state index in [1.54, 1.807) is 22.5 Å². The maximum absolute atomic E-state index is 12.6. The van der Waals surface area contributed by atoms with E-state index in [1.165, 1.54) is 5.56 Å². The van der Waals surface area contributed by atoms with Crippen LogP contribution in [-0.2, 0) is 0 Å². The number of carbonyl (C=O) groups is 1. The molecule has 2 amide bonds. The minimum atomic E-state index is -0.142. The molecule has 24 heavy (non-hydrogen) atoms. The predicted molar refractivity (Wildman–Crippen MR) is 94.4 cm³/mol. The van der Waals surface area contributed by atoms with Crippen LogP contribution < -0.4 is 5.32 Å². The Morgan fingerprint density at radius 2 is 2.25 bits per heavy atom. The molecule has 0 radical (unpaired) electrons. The summed E-state index contributed by atoms with van der Waals surface area (Å²) in [7, 11) is 0. The zero-order valence-corrected chi connectivity index (χ0v) is 13.8. The van der Waals surface area contributed by atoms with Crippen molar-refractivity contribution in [2.45, 2.75) is 5.92 Å². The lowest BCUT2D eigenvalue weighted by Crippen LogP contribution is -2.33. The van der Waals surface area contributed by atoms with E-state index in [2.05, 4.69) is 16.8 Å². The Hall–Kier alpha value is -2.31. The lowest BCUT2D eigenvalue weighted by molar-refractivity contribution is 0.207. The number of anilines is 1. The van der Waals surface area contributed by atoms with Gasteiger partial charge in [-0.3, -0.25) is 0 Å². The smallest absolute Gasteiger partial charge is 0.321 e. The number of amides is 2. The Morgan fingerprint density at radius 3 is 3.04 bits per heavy atom. The van der Waals surface area contributed by atoms with Crippen LogP contribution in [0.1, 0.15) is 11.5 Å². The number of urea groups is 1. The molecule has 1 aromatic carbocycles. The summed E-state index contributed by atoms with van der Waals surface area (Å²) in [6, 6.07) is 9.43. The molecule has 2 N–H and O–H groups in total. The number of nitrogens with zero attached hydrogens (tertiary/aromatic N) is 1. The number of fused-ring (bicyclic) bond motifs is 1. The predicted octanol–water partition coefficient (Wildman–Crippen LogP) is 3.73. The number of rotatable bonds is 3. The Balaban J connectivity index is 1.48. The standard InChI is InChI=1S/C18H18N2O3S/c21-10-14-8-20(9-16(14)13-4-6-24-11-13)18(22)19-15-2-1-12-3-5-23-17(12)7-15/h1-7,11,14,16,21H,8-10H2,(H,19,22)/t14-,16-/m0/s1.